The summed E-state index contributed by atoms with van der Waals surface area (Å²) in [5.74, 6) is 1.50. The Balaban J connectivity index is 1.90. The third-order valence-corrected chi connectivity index (χ3v) is 3.55. The molecule has 14 heavy (non-hydrogen) atoms. The molecule has 2 rings (SSSR count). The minimum atomic E-state index is 0.128. The van der Waals surface area contributed by atoms with Crippen molar-refractivity contribution in [2.24, 2.45) is 11.8 Å². The lowest BCUT2D eigenvalue weighted by Gasteiger charge is -2.45. The summed E-state index contributed by atoms with van der Waals surface area (Å²) in [5.41, 5.74) is 1.54. The van der Waals surface area contributed by atoms with Crippen LogP contribution in [0.4, 0.5) is 0 Å². The molecule has 1 aliphatic heterocycles. The van der Waals surface area contributed by atoms with Crippen molar-refractivity contribution in [3.63, 3.8) is 0 Å². The van der Waals surface area contributed by atoms with E-state index in [1.54, 1.807) is 0 Å². The minimum absolute atomic E-state index is 0.128. The van der Waals surface area contributed by atoms with Crippen LogP contribution in [0.25, 0.3) is 0 Å². The van der Waals surface area contributed by atoms with E-state index in [4.69, 9.17) is 4.74 Å². The molecule has 1 heterocycles. The van der Waals surface area contributed by atoms with Gasteiger partial charge in [0.05, 0.1) is 12.2 Å². The van der Waals surface area contributed by atoms with Gasteiger partial charge in [-0.25, -0.2) is 0 Å². The standard InChI is InChI=1S/C13H20O/c1-10-5-4-6-11(7-10)8-12-9-14-13(12,2)3/h4-5,7,11-12H,6,8-9H2,1-3H3. The molecule has 0 saturated carbocycles. The monoisotopic (exact) mass is 192 g/mol. The lowest BCUT2D eigenvalue weighted by Crippen LogP contribution is -2.49. The molecule has 0 N–H and O–H groups in total. The molecule has 1 fully saturated rings. The lowest BCUT2D eigenvalue weighted by molar-refractivity contribution is -0.185. The molecular formula is C13H20O. The second-order valence-electron chi connectivity index (χ2n) is 5.16. The molecule has 1 aliphatic carbocycles. The van der Waals surface area contributed by atoms with Gasteiger partial charge in [0.25, 0.3) is 0 Å². The largest absolute Gasteiger partial charge is 0.375 e. The molecular weight excluding hydrogens is 172 g/mol. The number of rotatable bonds is 2. The second-order valence-corrected chi connectivity index (χ2v) is 5.16. The van der Waals surface area contributed by atoms with E-state index in [1.165, 1.54) is 18.4 Å². The van der Waals surface area contributed by atoms with Crippen LogP contribution in [0.5, 0.6) is 0 Å². The van der Waals surface area contributed by atoms with Gasteiger partial charge in [-0.1, -0.05) is 23.8 Å². The molecule has 2 aliphatic rings. The van der Waals surface area contributed by atoms with Gasteiger partial charge in [0.2, 0.25) is 0 Å². The van der Waals surface area contributed by atoms with E-state index in [1.807, 2.05) is 0 Å². The molecule has 0 aromatic rings. The van der Waals surface area contributed by atoms with Crippen LogP contribution in [0.3, 0.4) is 0 Å². The first kappa shape index (κ1) is 9.97. The van der Waals surface area contributed by atoms with Crippen molar-refractivity contribution < 1.29 is 4.74 Å². The summed E-state index contributed by atoms with van der Waals surface area (Å²) in [6.07, 6.45) is 9.43. The Labute approximate surface area is 86.8 Å². The molecule has 0 aromatic heterocycles. The van der Waals surface area contributed by atoms with Gasteiger partial charge >= 0.3 is 0 Å². The van der Waals surface area contributed by atoms with Crippen molar-refractivity contribution in [3.05, 3.63) is 23.8 Å². The Morgan fingerprint density at radius 1 is 1.50 bits per heavy atom. The van der Waals surface area contributed by atoms with Crippen LogP contribution in [0.15, 0.2) is 23.8 Å². The van der Waals surface area contributed by atoms with Crippen molar-refractivity contribution in [1.29, 1.82) is 0 Å². The Bertz CT molecular complexity index is 273. The van der Waals surface area contributed by atoms with E-state index in [9.17, 15) is 0 Å². The van der Waals surface area contributed by atoms with Gasteiger partial charge in [0.1, 0.15) is 0 Å². The van der Waals surface area contributed by atoms with Gasteiger partial charge in [0.15, 0.2) is 0 Å². The van der Waals surface area contributed by atoms with Crippen molar-refractivity contribution in [2.75, 3.05) is 6.61 Å². The van der Waals surface area contributed by atoms with Crippen LogP contribution in [-0.2, 0) is 4.74 Å². The summed E-state index contributed by atoms with van der Waals surface area (Å²) < 4.78 is 5.56. The molecule has 0 amide bonds. The van der Waals surface area contributed by atoms with Crippen LogP contribution in [0, 0.1) is 11.8 Å². The van der Waals surface area contributed by atoms with E-state index in [-0.39, 0.29) is 5.60 Å². The smallest absolute Gasteiger partial charge is 0.0676 e. The quantitative estimate of drug-likeness (QED) is 0.652. The summed E-state index contributed by atoms with van der Waals surface area (Å²) in [4.78, 5) is 0. The predicted molar refractivity (Wildman–Crippen MR) is 59.1 cm³/mol. The van der Waals surface area contributed by atoms with Gasteiger partial charge in [-0.3, -0.25) is 0 Å². The Kier molecular flexibility index (Phi) is 2.52. The van der Waals surface area contributed by atoms with Crippen LogP contribution in [0.1, 0.15) is 33.6 Å². The van der Waals surface area contributed by atoms with Crippen molar-refractivity contribution in [2.45, 2.75) is 39.2 Å². The first-order valence-corrected chi connectivity index (χ1v) is 5.57. The highest BCUT2D eigenvalue weighted by atomic mass is 16.5. The topological polar surface area (TPSA) is 9.23 Å². The van der Waals surface area contributed by atoms with E-state index in [0.717, 1.165) is 18.4 Å². The zero-order valence-electron chi connectivity index (χ0n) is 9.42. The molecule has 0 aromatic carbocycles. The minimum Gasteiger partial charge on any atom is -0.375 e. The van der Waals surface area contributed by atoms with Crippen LogP contribution < -0.4 is 0 Å². The third kappa shape index (κ3) is 1.93. The Morgan fingerprint density at radius 2 is 2.29 bits per heavy atom. The molecule has 2 atom stereocenters. The first-order valence-electron chi connectivity index (χ1n) is 5.57. The lowest BCUT2D eigenvalue weighted by atomic mass is 9.77. The fourth-order valence-electron chi connectivity index (χ4n) is 2.34. The maximum Gasteiger partial charge on any atom is 0.0676 e. The maximum absolute atomic E-state index is 5.56. The van der Waals surface area contributed by atoms with E-state index in [0.29, 0.717) is 0 Å². The average Bonchev–Trinajstić information content (AvgIpc) is 2.13. The predicted octanol–water partition coefficient (Wildman–Crippen LogP) is 3.32. The zero-order chi connectivity index (χ0) is 10.2. The Hall–Kier alpha value is -0.560. The van der Waals surface area contributed by atoms with Gasteiger partial charge < -0.3 is 4.74 Å². The number of hydrogen-bond acceptors (Lipinski definition) is 1. The van der Waals surface area contributed by atoms with Gasteiger partial charge in [-0.05, 0) is 39.5 Å². The summed E-state index contributed by atoms with van der Waals surface area (Å²) in [6, 6.07) is 0. The highest BCUT2D eigenvalue weighted by molar-refractivity contribution is 5.21. The summed E-state index contributed by atoms with van der Waals surface area (Å²) >= 11 is 0. The fraction of sp³-hybridized carbons (Fsp3) is 0.692. The molecule has 2 unspecified atom stereocenters. The summed E-state index contributed by atoms with van der Waals surface area (Å²) in [5, 5.41) is 0. The van der Waals surface area contributed by atoms with Crippen LogP contribution in [-0.4, -0.2) is 12.2 Å². The number of ether oxygens (including phenoxy) is 1. The van der Waals surface area contributed by atoms with Gasteiger partial charge in [-0.15, -0.1) is 0 Å². The molecule has 0 radical (unpaired) electrons. The second kappa shape index (κ2) is 3.54. The SMILES string of the molecule is CC1=CC(CC2COC2(C)C)CC=C1. The summed E-state index contributed by atoms with van der Waals surface area (Å²) in [7, 11) is 0. The van der Waals surface area contributed by atoms with Crippen LogP contribution in [0.2, 0.25) is 0 Å². The highest BCUT2D eigenvalue weighted by Crippen LogP contribution is 2.38. The van der Waals surface area contributed by atoms with E-state index in [2.05, 4.69) is 39.0 Å². The van der Waals surface area contributed by atoms with Gasteiger partial charge in [0, 0.05) is 5.92 Å². The zero-order valence-corrected chi connectivity index (χ0v) is 9.42. The van der Waals surface area contributed by atoms with Crippen molar-refractivity contribution in [3.8, 4) is 0 Å². The van der Waals surface area contributed by atoms with Crippen molar-refractivity contribution in [1.82, 2.24) is 0 Å². The normalized spacial score (nSPS) is 34.9. The first-order chi connectivity index (χ1) is 6.58. The summed E-state index contributed by atoms with van der Waals surface area (Å²) in [6.45, 7) is 7.55. The fourth-order valence-corrected chi connectivity index (χ4v) is 2.34. The molecule has 0 spiro atoms. The van der Waals surface area contributed by atoms with Gasteiger partial charge in [-0.2, -0.15) is 0 Å². The number of allylic oxidation sites excluding steroid dienone is 4. The molecule has 1 saturated heterocycles. The van der Waals surface area contributed by atoms with E-state index < -0.39 is 0 Å². The number of hydrogen-bond donors (Lipinski definition) is 0. The van der Waals surface area contributed by atoms with Crippen molar-refractivity contribution >= 4 is 0 Å². The average molecular weight is 192 g/mol. The van der Waals surface area contributed by atoms with Crippen LogP contribution >= 0.6 is 0 Å². The van der Waals surface area contributed by atoms with E-state index >= 15 is 0 Å². The molecule has 1 heteroatoms. The molecule has 1 nitrogen and oxygen atoms in total. The Morgan fingerprint density at radius 3 is 2.79 bits per heavy atom. The highest BCUT2D eigenvalue weighted by Gasteiger charge is 2.40. The molecule has 0 bridgehead atoms. The third-order valence-electron chi connectivity index (χ3n) is 3.55. The maximum atomic E-state index is 5.56. The molecule has 78 valence electrons.